The van der Waals surface area contributed by atoms with Gasteiger partial charge in [-0.15, -0.1) is 0 Å². The predicted octanol–water partition coefficient (Wildman–Crippen LogP) is 2.17. The number of halogens is 1. The van der Waals surface area contributed by atoms with Crippen molar-refractivity contribution in [2.24, 2.45) is 0 Å². The Morgan fingerprint density at radius 2 is 2.15 bits per heavy atom. The van der Waals surface area contributed by atoms with Crippen LogP contribution >= 0.6 is 11.6 Å². The summed E-state index contributed by atoms with van der Waals surface area (Å²) in [7, 11) is 1.60. The topological polar surface area (TPSA) is 49.0 Å². The van der Waals surface area contributed by atoms with Crippen molar-refractivity contribution in [2.45, 2.75) is 12.5 Å². The highest BCUT2D eigenvalue weighted by molar-refractivity contribution is 6.32. The van der Waals surface area contributed by atoms with Gasteiger partial charge in [0.05, 0.1) is 37.5 Å². The molecule has 110 valence electrons. The van der Waals surface area contributed by atoms with E-state index in [2.05, 4.69) is 5.32 Å². The molecule has 2 aliphatic heterocycles. The molecule has 0 spiro atoms. The smallest absolute Gasteiger partial charge is 0.170 e. The standard InChI is InChI=1S/C14H18ClNO4/c1-17-13-9(15)7-10-14(20-5-2-4-18-10)12(13)11-8-16-3-6-19-11/h7,11,16H,2-6,8H2,1H3. The second kappa shape index (κ2) is 6.08. The fraction of sp³-hybridized carbons (Fsp3) is 0.571. The Kier molecular flexibility index (Phi) is 4.19. The number of fused-ring (bicyclic) bond motifs is 1. The van der Waals surface area contributed by atoms with E-state index in [0.717, 1.165) is 18.5 Å². The quantitative estimate of drug-likeness (QED) is 0.907. The minimum atomic E-state index is -0.146. The fourth-order valence-corrected chi connectivity index (χ4v) is 2.81. The average Bonchev–Trinajstić information content (AvgIpc) is 2.71. The molecule has 1 aromatic rings. The van der Waals surface area contributed by atoms with E-state index in [4.69, 9.17) is 30.5 Å². The third-order valence-corrected chi connectivity index (χ3v) is 3.71. The van der Waals surface area contributed by atoms with E-state index in [-0.39, 0.29) is 6.10 Å². The first-order chi connectivity index (χ1) is 9.81. The minimum absolute atomic E-state index is 0.146. The van der Waals surface area contributed by atoms with Gasteiger partial charge >= 0.3 is 0 Å². The summed E-state index contributed by atoms with van der Waals surface area (Å²) < 4.78 is 22.9. The highest BCUT2D eigenvalue weighted by Crippen LogP contribution is 2.47. The van der Waals surface area contributed by atoms with Crippen LogP contribution in [0.5, 0.6) is 17.2 Å². The Balaban J connectivity index is 2.09. The highest BCUT2D eigenvalue weighted by Gasteiger charge is 2.29. The maximum Gasteiger partial charge on any atom is 0.170 e. The third kappa shape index (κ3) is 2.53. The molecular formula is C14H18ClNO4. The molecule has 0 amide bonds. The highest BCUT2D eigenvalue weighted by atomic mass is 35.5. The van der Waals surface area contributed by atoms with Crippen molar-refractivity contribution < 1.29 is 18.9 Å². The van der Waals surface area contributed by atoms with Crippen LogP contribution in [0.25, 0.3) is 0 Å². The molecule has 1 N–H and O–H groups in total. The van der Waals surface area contributed by atoms with Crippen molar-refractivity contribution in [3.63, 3.8) is 0 Å². The van der Waals surface area contributed by atoms with Gasteiger partial charge in [-0.3, -0.25) is 0 Å². The SMILES string of the molecule is COc1c(Cl)cc2c(c1C1CNCCO1)OCCCO2. The van der Waals surface area contributed by atoms with Crippen LogP contribution in [0.1, 0.15) is 18.1 Å². The van der Waals surface area contributed by atoms with Gasteiger partial charge in [-0.1, -0.05) is 11.6 Å². The van der Waals surface area contributed by atoms with E-state index < -0.39 is 0 Å². The van der Waals surface area contributed by atoms with Gasteiger partial charge in [0.2, 0.25) is 0 Å². The molecule has 2 heterocycles. The maximum atomic E-state index is 6.30. The number of hydrogen-bond donors (Lipinski definition) is 1. The number of nitrogens with one attached hydrogen (secondary N) is 1. The van der Waals surface area contributed by atoms with Crippen molar-refractivity contribution >= 4 is 11.6 Å². The summed E-state index contributed by atoms with van der Waals surface area (Å²) in [5, 5.41) is 3.82. The lowest BCUT2D eigenvalue weighted by Gasteiger charge is -2.27. The second-order valence-corrected chi connectivity index (χ2v) is 5.15. The lowest BCUT2D eigenvalue weighted by molar-refractivity contribution is 0.0244. The molecule has 1 aromatic carbocycles. The van der Waals surface area contributed by atoms with Crippen LogP contribution in [0.4, 0.5) is 0 Å². The number of benzene rings is 1. The van der Waals surface area contributed by atoms with Crippen LogP contribution in [-0.4, -0.2) is 40.0 Å². The largest absolute Gasteiger partial charge is 0.495 e. The van der Waals surface area contributed by atoms with Gasteiger partial charge in [-0.05, 0) is 0 Å². The molecule has 0 bridgehead atoms. The fourth-order valence-electron chi connectivity index (χ4n) is 2.53. The lowest BCUT2D eigenvalue weighted by Crippen LogP contribution is -2.33. The zero-order chi connectivity index (χ0) is 13.9. The van der Waals surface area contributed by atoms with Crippen molar-refractivity contribution in [3.05, 3.63) is 16.7 Å². The summed E-state index contributed by atoms with van der Waals surface area (Å²) in [5.41, 5.74) is 0.837. The number of hydrogen-bond acceptors (Lipinski definition) is 5. The Morgan fingerprint density at radius 1 is 1.30 bits per heavy atom. The first-order valence-corrected chi connectivity index (χ1v) is 7.17. The maximum absolute atomic E-state index is 6.30. The van der Waals surface area contributed by atoms with E-state index in [1.54, 1.807) is 13.2 Å². The van der Waals surface area contributed by atoms with Gasteiger partial charge in [0.1, 0.15) is 11.9 Å². The molecule has 1 atom stereocenters. The van der Waals surface area contributed by atoms with Crippen molar-refractivity contribution in [1.29, 1.82) is 0 Å². The van der Waals surface area contributed by atoms with E-state index in [1.165, 1.54) is 0 Å². The summed E-state index contributed by atoms with van der Waals surface area (Å²) in [4.78, 5) is 0. The first kappa shape index (κ1) is 13.8. The Morgan fingerprint density at radius 3 is 2.90 bits per heavy atom. The van der Waals surface area contributed by atoms with Crippen molar-refractivity contribution in [2.75, 3.05) is 40.0 Å². The van der Waals surface area contributed by atoms with Crippen molar-refractivity contribution in [1.82, 2.24) is 5.32 Å². The van der Waals surface area contributed by atoms with Crippen LogP contribution in [0.2, 0.25) is 5.02 Å². The number of ether oxygens (including phenoxy) is 4. The van der Waals surface area contributed by atoms with Crippen LogP contribution in [0.15, 0.2) is 6.07 Å². The summed E-state index contributed by atoms with van der Waals surface area (Å²) in [5.74, 6) is 1.96. The molecule has 5 nitrogen and oxygen atoms in total. The zero-order valence-electron chi connectivity index (χ0n) is 11.4. The second-order valence-electron chi connectivity index (χ2n) is 4.75. The van der Waals surface area contributed by atoms with Crippen LogP contribution < -0.4 is 19.5 Å². The Labute approximate surface area is 123 Å². The molecule has 1 fully saturated rings. The van der Waals surface area contributed by atoms with Gasteiger partial charge in [0.15, 0.2) is 11.5 Å². The number of rotatable bonds is 2. The van der Waals surface area contributed by atoms with Gasteiger partial charge in [-0.25, -0.2) is 0 Å². The number of morpholine rings is 1. The molecule has 0 radical (unpaired) electrons. The van der Waals surface area contributed by atoms with Crippen LogP contribution in [-0.2, 0) is 4.74 Å². The van der Waals surface area contributed by atoms with E-state index in [1.807, 2.05) is 0 Å². The summed E-state index contributed by atoms with van der Waals surface area (Å²) in [6.45, 7) is 3.44. The Hall–Kier alpha value is -1.17. The average molecular weight is 300 g/mol. The summed E-state index contributed by atoms with van der Waals surface area (Å²) in [6.07, 6.45) is 0.700. The van der Waals surface area contributed by atoms with Gasteiger partial charge in [0.25, 0.3) is 0 Å². The van der Waals surface area contributed by atoms with Crippen LogP contribution in [0, 0.1) is 0 Å². The van der Waals surface area contributed by atoms with Gasteiger partial charge in [0, 0.05) is 25.6 Å². The molecule has 0 aromatic heterocycles. The Bertz CT molecular complexity index is 489. The molecule has 1 unspecified atom stereocenters. The summed E-state index contributed by atoms with van der Waals surface area (Å²) in [6, 6.07) is 1.75. The monoisotopic (exact) mass is 299 g/mol. The molecule has 20 heavy (non-hydrogen) atoms. The number of methoxy groups -OCH3 is 1. The molecule has 3 rings (SSSR count). The predicted molar refractivity (Wildman–Crippen MR) is 75.2 cm³/mol. The summed E-state index contributed by atoms with van der Waals surface area (Å²) >= 11 is 6.30. The zero-order valence-corrected chi connectivity index (χ0v) is 12.2. The van der Waals surface area contributed by atoms with E-state index >= 15 is 0 Å². The molecule has 6 heteroatoms. The van der Waals surface area contributed by atoms with Gasteiger partial charge in [-0.2, -0.15) is 0 Å². The first-order valence-electron chi connectivity index (χ1n) is 6.79. The van der Waals surface area contributed by atoms with Crippen LogP contribution in [0.3, 0.4) is 0 Å². The van der Waals surface area contributed by atoms with Crippen molar-refractivity contribution in [3.8, 4) is 17.2 Å². The van der Waals surface area contributed by atoms with Gasteiger partial charge < -0.3 is 24.3 Å². The molecule has 0 aliphatic carbocycles. The molecule has 0 saturated carbocycles. The molecule has 2 aliphatic rings. The lowest BCUT2D eigenvalue weighted by atomic mass is 10.0. The third-order valence-electron chi connectivity index (χ3n) is 3.43. The molecular weight excluding hydrogens is 282 g/mol. The molecule has 1 saturated heterocycles. The van der Waals surface area contributed by atoms with E-state index in [9.17, 15) is 0 Å². The normalized spacial score (nSPS) is 22.2. The van der Waals surface area contributed by atoms with E-state index in [0.29, 0.717) is 48.6 Å². The minimum Gasteiger partial charge on any atom is -0.495 e.